The van der Waals surface area contributed by atoms with E-state index in [2.05, 4.69) is 0 Å². The second-order valence-corrected chi connectivity index (χ2v) is 4.08. The number of carbonyl (C=O) groups excluding carboxylic acids is 1. The van der Waals surface area contributed by atoms with Gasteiger partial charge in [0.05, 0.1) is 5.56 Å². The summed E-state index contributed by atoms with van der Waals surface area (Å²) in [5.74, 6) is -7.09. The summed E-state index contributed by atoms with van der Waals surface area (Å²) in [4.78, 5) is 11.4. The first kappa shape index (κ1) is 13.7. The highest BCUT2D eigenvalue weighted by Crippen LogP contribution is 2.34. The Kier molecular flexibility index (Phi) is 3.93. The molecule has 0 fully saturated rings. The molecule has 0 heterocycles. The van der Waals surface area contributed by atoms with Gasteiger partial charge in [0.25, 0.3) is 0 Å². The summed E-state index contributed by atoms with van der Waals surface area (Å²) in [6.07, 6.45) is 0. The van der Waals surface area contributed by atoms with Crippen LogP contribution in [0.1, 0.15) is 25.0 Å². The first-order valence-corrected chi connectivity index (χ1v) is 5.22. The van der Waals surface area contributed by atoms with Gasteiger partial charge in [0.15, 0.2) is 0 Å². The zero-order valence-corrected chi connectivity index (χ0v) is 9.64. The highest BCUT2D eigenvalue weighted by Gasteiger charge is 2.44. The van der Waals surface area contributed by atoms with Crippen LogP contribution in [0, 0.1) is 11.7 Å². The molecule has 94 valence electrons. The van der Waals surface area contributed by atoms with Crippen molar-refractivity contribution < 1.29 is 18.0 Å². The number of ketones is 1. The van der Waals surface area contributed by atoms with Crippen molar-refractivity contribution in [1.82, 2.24) is 0 Å². The molecule has 0 unspecified atom stereocenters. The second-order valence-electron chi connectivity index (χ2n) is 4.08. The van der Waals surface area contributed by atoms with E-state index in [-0.39, 0.29) is 12.1 Å². The van der Waals surface area contributed by atoms with Crippen LogP contribution < -0.4 is 5.73 Å². The SMILES string of the molecule is CC(C)C(=O)C(F)(F)c1cccc(CN)c1F. The van der Waals surface area contributed by atoms with E-state index in [9.17, 15) is 18.0 Å². The Balaban J connectivity index is 3.28. The largest absolute Gasteiger partial charge is 0.333 e. The second kappa shape index (κ2) is 4.87. The lowest BCUT2D eigenvalue weighted by atomic mass is 9.95. The Labute approximate surface area is 97.6 Å². The van der Waals surface area contributed by atoms with Crippen molar-refractivity contribution in [2.75, 3.05) is 0 Å². The summed E-state index contributed by atoms with van der Waals surface area (Å²) >= 11 is 0. The summed E-state index contributed by atoms with van der Waals surface area (Å²) in [7, 11) is 0. The van der Waals surface area contributed by atoms with E-state index < -0.39 is 29.0 Å². The summed E-state index contributed by atoms with van der Waals surface area (Å²) in [5, 5.41) is 0. The fourth-order valence-electron chi connectivity index (χ4n) is 1.48. The van der Waals surface area contributed by atoms with Gasteiger partial charge in [-0.1, -0.05) is 26.0 Å². The molecular weight excluding hydrogens is 231 g/mol. The fraction of sp³-hybridized carbons (Fsp3) is 0.417. The molecule has 0 radical (unpaired) electrons. The minimum absolute atomic E-state index is 0.0290. The lowest BCUT2D eigenvalue weighted by molar-refractivity contribution is -0.148. The molecule has 1 aromatic carbocycles. The van der Waals surface area contributed by atoms with Gasteiger partial charge >= 0.3 is 5.92 Å². The van der Waals surface area contributed by atoms with Gasteiger partial charge in [0.2, 0.25) is 5.78 Å². The molecule has 2 N–H and O–H groups in total. The van der Waals surface area contributed by atoms with Crippen LogP contribution in [0.2, 0.25) is 0 Å². The molecule has 0 aliphatic rings. The lowest BCUT2D eigenvalue weighted by Gasteiger charge is -2.19. The van der Waals surface area contributed by atoms with Crippen LogP contribution in [0.25, 0.3) is 0 Å². The predicted molar refractivity (Wildman–Crippen MR) is 58.0 cm³/mol. The number of hydrogen-bond acceptors (Lipinski definition) is 2. The molecule has 0 aliphatic carbocycles. The van der Waals surface area contributed by atoms with Crippen molar-refractivity contribution in [3.05, 3.63) is 35.1 Å². The van der Waals surface area contributed by atoms with Crippen LogP contribution in [-0.4, -0.2) is 5.78 Å². The maximum Gasteiger partial charge on any atom is 0.333 e. The van der Waals surface area contributed by atoms with Gasteiger partial charge in [-0.05, 0) is 6.07 Å². The molecule has 0 saturated heterocycles. The zero-order chi connectivity index (χ0) is 13.2. The van der Waals surface area contributed by atoms with E-state index in [1.165, 1.54) is 26.0 Å². The summed E-state index contributed by atoms with van der Waals surface area (Å²) < 4.78 is 41.2. The molecular formula is C12H14F3NO. The first-order chi connectivity index (χ1) is 7.82. The maximum atomic E-state index is 13.7. The van der Waals surface area contributed by atoms with Crippen molar-refractivity contribution in [3.8, 4) is 0 Å². The lowest BCUT2D eigenvalue weighted by Crippen LogP contribution is -2.31. The van der Waals surface area contributed by atoms with Crippen molar-refractivity contribution in [1.29, 1.82) is 0 Å². The van der Waals surface area contributed by atoms with Crippen molar-refractivity contribution in [3.63, 3.8) is 0 Å². The topological polar surface area (TPSA) is 43.1 Å². The maximum absolute atomic E-state index is 13.7. The third-order valence-electron chi connectivity index (χ3n) is 2.47. The molecule has 2 nitrogen and oxygen atoms in total. The molecule has 0 saturated carbocycles. The Morgan fingerprint density at radius 2 is 2.00 bits per heavy atom. The molecule has 5 heteroatoms. The number of carbonyl (C=O) groups is 1. The highest BCUT2D eigenvalue weighted by atomic mass is 19.3. The summed E-state index contributed by atoms with van der Waals surface area (Å²) in [6, 6.07) is 3.49. The van der Waals surface area contributed by atoms with E-state index in [1.54, 1.807) is 0 Å². The van der Waals surface area contributed by atoms with E-state index in [0.717, 1.165) is 6.07 Å². The normalized spacial score (nSPS) is 11.9. The van der Waals surface area contributed by atoms with Crippen molar-refractivity contribution in [2.24, 2.45) is 11.7 Å². The number of hydrogen-bond donors (Lipinski definition) is 1. The predicted octanol–water partition coefficient (Wildman–Crippen LogP) is 2.60. The third kappa shape index (κ3) is 2.49. The third-order valence-corrected chi connectivity index (χ3v) is 2.47. The van der Waals surface area contributed by atoms with Crippen LogP contribution in [0.3, 0.4) is 0 Å². The highest BCUT2D eigenvalue weighted by molar-refractivity contribution is 5.88. The van der Waals surface area contributed by atoms with Gasteiger partial charge in [-0.2, -0.15) is 8.78 Å². The zero-order valence-electron chi connectivity index (χ0n) is 9.64. The smallest absolute Gasteiger partial charge is 0.326 e. The fourth-order valence-corrected chi connectivity index (χ4v) is 1.48. The minimum Gasteiger partial charge on any atom is -0.326 e. The van der Waals surface area contributed by atoms with Crippen LogP contribution >= 0.6 is 0 Å². The average molecular weight is 245 g/mol. The van der Waals surface area contributed by atoms with Gasteiger partial charge < -0.3 is 5.73 Å². The van der Waals surface area contributed by atoms with Crippen LogP contribution in [0.4, 0.5) is 13.2 Å². The van der Waals surface area contributed by atoms with Crippen LogP contribution in [0.15, 0.2) is 18.2 Å². The van der Waals surface area contributed by atoms with Crippen molar-refractivity contribution in [2.45, 2.75) is 26.3 Å². The van der Waals surface area contributed by atoms with Gasteiger partial charge in [-0.25, -0.2) is 4.39 Å². The number of nitrogens with two attached hydrogens (primary N) is 1. The summed E-state index contributed by atoms with van der Waals surface area (Å²) in [6.45, 7) is 2.51. The first-order valence-electron chi connectivity index (χ1n) is 5.22. The number of Topliss-reactive ketones (excluding diaryl/α,β-unsaturated/α-hetero) is 1. The van der Waals surface area contributed by atoms with Gasteiger partial charge in [0.1, 0.15) is 5.82 Å². The number of rotatable bonds is 4. The molecule has 0 spiro atoms. The van der Waals surface area contributed by atoms with E-state index >= 15 is 0 Å². The Bertz CT molecular complexity index is 430. The van der Waals surface area contributed by atoms with Gasteiger partial charge in [-0.3, -0.25) is 4.79 Å². The average Bonchev–Trinajstić information content (AvgIpc) is 2.27. The van der Waals surface area contributed by atoms with Gasteiger partial charge in [0, 0.05) is 18.0 Å². The Morgan fingerprint density at radius 1 is 1.41 bits per heavy atom. The molecule has 0 aromatic heterocycles. The number of halogens is 3. The molecule has 17 heavy (non-hydrogen) atoms. The van der Waals surface area contributed by atoms with E-state index in [1.807, 2.05) is 0 Å². The molecule has 1 aromatic rings. The molecule has 0 bridgehead atoms. The minimum atomic E-state index is -3.82. The van der Waals surface area contributed by atoms with Crippen molar-refractivity contribution >= 4 is 5.78 Å². The number of benzene rings is 1. The number of alkyl halides is 2. The quantitative estimate of drug-likeness (QED) is 0.886. The standard InChI is InChI=1S/C12H14F3NO/c1-7(2)11(17)12(14,15)9-5-3-4-8(6-16)10(9)13/h3-5,7H,6,16H2,1-2H3. The van der Waals surface area contributed by atoms with Crippen LogP contribution in [0.5, 0.6) is 0 Å². The van der Waals surface area contributed by atoms with E-state index in [4.69, 9.17) is 5.73 Å². The molecule has 0 amide bonds. The van der Waals surface area contributed by atoms with Crippen LogP contribution in [-0.2, 0) is 17.3 Å². The monoisotopic (exact) mass is 245 g/mol. The molecule has 0 atom stereocenters. The van der Waals surface area contributed by atoms with E-state index in [0.29, 0.717) is 0 Å². The summed E-state index contributed by atoms with van der Waals surface area (Å²) in [5.41, 5.74) is 4.30. The molecule has 0 aliphatic heterocycles. The molecule has 1 rings (SSSR count). The Hall–Kier alpha value is -1.36. The Morgan fingerprint density at radius 3 is 2.47 bits per heavy atom. The van der Waals surface area contributed by atoms with Gasteiger partial charge in [-0.15, -0.1) is 0 Å².